The second kappa shape index (κ2) is 6.23. The third-order valence-corrected chi connectivity index (χ3v) is 3.04. The average Bonchev–Trinajstić information content (AvgIpc) is 3.00. The van der Waals surface area contributed by atoms with Gasteiger partial charge in [-0.1, -0.05) is 0 Å². The Morgan fingerprint density at radius 3 is 2.40 bits per heavy atom. The summed E-state index contributed by atoms with van der Waals surface area (Å²) in [7, 11) is 0. The molecular weight excluding hydrogens is 264 g/mol. The van der Waals surface area contributed by atoms with Gasteiger partial charge in [0.15, 0.2) is 5.76 Å². The van der Waals surface area contributed by atoms with E-state index < -0.39 is 11.9 Å². The van der Waals surface area contributed by atoms with Crippen LogP contribution in [0.5, 0.6) is 0 Å². The van der Waals surface area contributed by atoms with Gasteiger partial charge in [0.2, 0.25) is 0 Å². The van der Waals surface area contributed by atoms with E-state index in [1.54, 1.807) is 24.0 Å². The Hall–Kier alpha value is -2.31. The summed E-state index contributed by atoms with van der Waals surface area (Å²) >= 11 is 0. The molecular formula is C13H16N2O5. The Balaban J connectivity index is 1.88. The first kappa shape index (κ1) is 14.1. The molecule has 2 heterocycles. The van der Waals surface area contributed by atoms with Gasteiger partial charge in [-0.15, -0.1) is 0 Å². The number of piperazine rings is 1. The van der Waals surface area contributed by atoms with Crippen molar-refractivity contribution in [3.63, 3.8) is 0 Å². The summed E-state index contributed by atoms with van der Waals surface area (Å²) in [4.78, 5) is 38.1. The van der Waals surface area contributed by atoms with Gasteiger partial charge in [-0.2, -0.15) is 0 Å². The smallest absolute Gasteiger partial charge is 0.397 e. The molecule has 2 amide bonds. The van der Waals surface area contributed by atoms with Gasteiger partial charge in [0.25, 0.3) is 5.91 Å². The molecule has 0 aromatic carbocycles. The van der Waals surface area contributed by atoms with E-state index in [0.717, 1.165) is 0 Å². The standard InChI is InChI=1S/C13H16N2O5/c1-2-19-13(18)12(17)15-7-5-14(6-8-15)11(16)10-4-3-9-20-10/h3-4,9H,2,5-8H2,1H3. The molecule has 0 N–H and O–H groups in total. The van der Waals surface area contributed by atoms with Crippen LogP contribution in [-0.2, 0) is 14.3 Å². The highest BCUT2D eigenvalue weighted by molar-refractivity contribution is 6.32. The van der Waals surface area contributed by atoms with Crippen molar-refractivity contribution in [2.75, 3.05) is 32.8 Å². The maximum Gasteiger partial charge on any atom is 0.397 e. The van der Waals surface area contributed by atoms with Gasteiger partial charge < -0.3 is 19.0 Å². The lowest BCUT2D eigenvalue weighted by atomic mass is 10.3. The normalized spacial score (nSPS) is 15.1. The third kappa shape index (κ3) is 2.98. The Kier molecular flexibility index (Phi) is 4.39. The Morgan fingerprint density at radius 1 is 1.20 bits per heavy atom. The fourth-order valence-corrected chi connectivity index (χ4v) is 1.99. The van der Waals surface area contributed by atoms with Crippen molar-refractivity contribution >= 4 is 17.8 Å². The summed E-state index contributed by atoms with van der Waals surface area (Å²) < 4.78 is 9.71. The summed E-state index contributed by atoms with van der Waals surface area (Å²) in [5.74, 6) is -1.44. The largest absolute Gasteiger partial charge is 0.459 e. The number of carbonyl (C=O) groups is 3. The topological polar surface area (TPSA) is 80.1 Å². The molecule has 7 nitrogen and oxygen atoms in total. The van der Waals surface area contributed by atoms with Crippen molar-refractivity contribution in [1.82, 2.24) is 9.80 Å². The first-order valence-electron chi connectivity index (χ1n) is 6.42. The molecule has 0 unspecified atom stereocenters. The third-order valence-electron chi connectivity index (χ3n) is 3.04. The second-order valence-electron chi connectivity index (χ2n) is 4.28. The zero-order chi connectivity index (χ0) is 14.5. The Bertz CT molecular complexity index is 489. The molecule has 20 heavy (non-hydrogen) atoms. The van der Waals surface area contributed by atoms with E-state index in [2.05, 4.69) is 4.74 Å². The van der Waals surface area contributed by atoms with Crippen molar-refractivity contribution in [2.45, 2.75) is 6.92 Å². The van der Waals surface area contributed by atoms with Crippen molar-refractivity contribution in [3.8, 4) is 0 Å². The van der Waals surface area contributed by atoms with Gasteiger partial charge >= 0.3 is 11.9 Å². The zero-order valence-corrected chi connectivity index (χ0v) is 11.2. The van der Waals surface area contributed by atoms with Gasteiger partial charge in [-0.3, -0.25) is 9.59 Å². The van der Waals surface area contributed by atoms with E-state index in [1.807, 2.05) is 0 Å². The first-order valence-corrected chi connectivity index (χ1v) is 6.42. The molecule has 0 saturated carbocycles. The van der Waals surface area contributed by atoms with Crippen LogP contribution in [0, 0.1) is 0 Å². The van der Waals surface area contributed by atoms with Gasteiger partial charge in [0, 0.05) is 26.2 Å². The lowest BCUT2D eigenvalue weighted by molar-refractivity contribution is -0.160. The fourth-order valence-electron chi connectivity index (χ4n) is 1.99. The Labute approximate surface area is 116 Å². The van der Waals surface area contributed by atoms with Gasteiger partial charge in [0.05, 0.1) is 12.9 Å². The average molecular weight is 280 g/mol. The molecule has 1 fully saturated rings. The number of nitrogens with zero attached hydrogens (tertiary/aromatic N) is 2. The lowest BCUT2D eigenvalue weighted by Crippen LogP contribution is -2.52. The second-order valence-corrected chi connectivity index (χ2v) is 4.28. The van der Waals surface area contributed by atoms with Crippen molar-refractivity contribution in [1.29, 1.82) is 0 Å². The number of hydrogen-bond donors (Lipinski definition) is 0. The van der Waals surface area contributed by atoms with Gasteiger partial charge in [0.1, 0.15) is 0 Å². The van der Waals surface area contributed by atoms with E-state index >= 15 is 0 Å². The summed E-state index contributed by atoms with van der Waals surface area (Å²) in [6, 6.07) is 3.24. The molecule has 1 aromatic rings. The van der Waals surface area contributed by atoms with Gasteiger partial charge in [-0.25, -0.2) is 4.79 Å². The lowest BCUT2D eigenvalue weighted by Gasteiger charge is -2.33. The van der Waals surface area contributed by atoms with Crippen molar-refractivity contribution < 1.29 is 23.5 Å². The van der Waals surface area contributed by atoms with Crippen molar-refractivity contribution in [2.24, 2.45) is 0 Å². The quantitative estimate of drug-likeness (QED) is 0.568. The van der Waals surface area contributed by atoms with E-state index in [1.165, 1.54) is 11.2 Å². The van der Waals surface area contributed by atoms with Crippen LogP contribution in [0.2, 0.25) is 0 Å². The van der Waals surface area contributed by atoms with Crippen LogP contribution >= 0.6 is 0 Å². The van der Waals surface area contributed by atoms with E-state index in [9.17, 15) is 14.4 Å². The van der Waals surface area contributed by atoms with Crippen LogP contribution in [0.4, 0.5) is 0 Å². The Morgan fingerprint density at radius 2 is 1.85 bits per heavy atom. The molecule has 1 aliphatic rings. The van der Waals surface area contributed by atoms with Crippen LogP contribution < -0.4 is 0 Å². The molecule has 0 spiro atoms. The monoisotopic (exact) mass is 280 g/mol. The molecule has 1 aliphatic heterocycles. The predicted octanol–water partition coefficient (Wildman–Crippen LogP) is 0.127. The van der Waals surface area contributed by atoms with Crippen LogP contribution in [0.25, 0.3) is 0 Å². The van der Waals surface area contributed by atoms with Crippen LogP contribution in [0.3, 0.4) is 0 Å². The molecule has 1 saturated heterocycles. The molecule has 1 aromatic heterocycles. The molecule has 0 bridgehead atoms. The minimum absolute atomic E-state index is 0.168. The summed E-state index contributed by atoms with van der Waals surface area (Å²) in [6.07, 6.45) is 1.44. The number of carbonyl (C=O) groups excluding carboxylic acids is 3. The number of hydrogen-bond acceptors (Lipinski definition) is 5. The summed E-state index contributed by atoms with van der Waals surface area (Å²) in [5, 5.41) is 0. The zero-order valence-electron chi connectivity index (χ0n) is 11.2. The molecule has 0 aliphatic carbocycles. The minimum Gasteiger partial charge on any atom is -0.459 e. The maximum absolute atomic E-state index is 12.0. The van der Waals surface area contributed by atoms with E-state index in [-0.39, 0.29) is 18.3 Å². The van der Waals surface area contributed by atoms with E-state index in [0.29, 0.717) is 26.2 Å². The molecule has 0 radical (unpaired) electrons. The molecule has 2 rings (SSSR count). The van der Waals surface area contributed by atoms with Crippen LogP contribution in [0.15, 0.2) is 22.8 Å². The van der Waals surface area contributed by atoms with Gasteiger partial charge in [-0.05, 0) is 19.1 Å². The van der Waals surface area contributed by atoms with Crippen LogP contribution in [0.1, 0.15) is 17.5 Å². The fraction of sp³-hybridized carbons (Fsp3) is 0.462. The molecule has 108 valence electrons. The highest BCUT2D eigenvalue weighted by Gasteiger charge is 2.29. The summed E-state index contributed by atoms with van der Waals surface area (Å²) in [5.41, 5.74) is 0. The van der Waals surface area contributed by atoms with Crippen LogP contribution in [-0.4, -0.2) is 60.4 Å². The maximum atomic E-state index is 12.0. The predicted molar refractivity (Wildman–Crippen MR) is 67.8 cm³/mol. The molecule has 0 atom stereocenters. The number of esters is 1. The SMILES string of the molecule is CCOC(=O)C(=O)N1CCN(C(=O)c2ccco2)CC1. The number of ether oxygens (including phenoxy) is 1. The van der Waals surface area contributed by atoms with E-state index in [4.69, 9.17) is 4.42 Å². The minimum atomic E-state index is -0.849. The number of amides is 2. The first-order chi connectivity index (χ1) is 9.63. The summed E-state index contributed by atoms with van der Waals surface area (Å²) in [6.45, 7) is 3.16. The number of rotatable bonds is 2. The highest BCUT2D eigenvalue weighted by Crippen LogP contribution is 2.09. The number of furan rings is 1. The van der Waals surface area contributed by atoms with Crippen molar-refractivity contribution in [3.05, 3.63) is 24.2 Å². The highest BCUT2D eigenvalue weighted by atomic mass is 16.5. The molecule has 7 heteroatoms.